The van der Waals surface area contributed by atoms with Crippen molar-refractivity contribution in [2.45, 2.75) is 34.1 Å². The second-order valence-electron chi connectivity index (χ2n) is 4.38. The molecule has 1 rings (SSSR count). The number of allylic oxidation sites excluding steroid dienone is 4. The average Bonchev–Trinajstić information content (AvgIpc) is 2.35. The zero-order valence-corrected chi connectivity index (χ0v) is 13.2. The topological polar surface area (TPSA) is 0 Å². The van der Waals surface area contributed by atoms with Gasteiger partial charge in [0.05, 0.1) is 0 Å². The monoisotopic (exact) mass is 309 g/mol. The van der Waals surface area contributed by atoms with Crippen molar-refractivity contribution in [3.8, 4) is 0 Å². The molecule has 0 amide bonds. The van der Waals surface area contributed by atoms with Gasteiger partial charge in [-0.3, -0.25) is 0 Å². The second-order valence-corrected chi connectivity index (χ2v) is 5.86. The van der Waals surface area contributed by atoms with E-state index < -0.39 is 0 Å². The Labute approximate surface area is 115 Å². The Bertz CT molecular complexity index is 240. The van der Waals surface area contributed by atoms with Crippen LogP contribution in [0.15, 0.2) is 21.0 Å². The van der Waals surface area contributed by atoms with E-state index in [1.54, 1.807) is 33.6 Å². The van der Waals surface area contributed by atoms with Crippen LogP contribution in [0.1, 0.15) is 34.1 Å². The Balaban J connectivity index is 0. The number of rotatable bonds is 2. The summed E-state index contributed by atoms with van der Waals surface area (Å²) < 4.78 is 1.64. The average molecular weight is 311 g/mol. The summed E-state index contributed by atoms with van der Waals surface area (Å²) in [6.45, 7) is 9.32. The van der Waals surface area contributed by atoms with Crippen LogP contribution in [0.3, 0.4) is 0 Å². The van der Waals surface area contributed by atoms with E-state index in [0.717, 1.165) is 5.92 Å². The van der Waals surface area contributed by atoms with Gasteiger partial charge in [-0.1, -0.05) is 0 Å². The van der Waals surface area contributed by atoms with Crippen LogP contribution in [0.2, 0.25) is 0 Å². The fourth-order valence-corrected chi connectivity index (χ4v) is 2.71. The van der Waals surface area contributed by atoms with Gasteiger partial charge in [0.2, 0.25) is 0 Å². The molecule has 0 saturated carbocycles. The fourth-order valence-electron chi connectivity index (χ4n) is 1.42. The van der Waals surface area contributed by atoms with E-state index in [-0.39, 0.29) is 24.8 Å². The van der Waals surface area contributed by atoms with Crippen molar-refractivity contribution in [2.24, 2.45) is 11.3 Å². The molecule has 0 aromatic rings. The summed E-state index contributed by atoms with van der Waals surface area (Å²) in [6, 6.07) is 0. The first-order chi connectivity index (χ1) is 5.46. The van der Waals surface area contributed by atoms with Crippen molar-refractivity contribution >= 4 is 0 Å². The summed E-state index contributed by atoms with van der Waals surface area (Å²) in [5.74, 6) is 0.728. The summed E-state index contributed by atoms with van der Waals surface area (Å²) >= 11 is 1.59. The van der Waals surface area contributed by atoms with Crippen molar-refractivity contribution < 1.29 is 49.5 Å². The van der Waals surface area contributed by atoms with E-state index in [2.05, 4.69) is 39.8 Å². The maximum atomic E-state index is 2.35. The molecule has 0 atom stereocenters. The fraction of sp³-hybridized carbons (Fsp3) is 0.636. The number of halogens is 2. The molecule has 0 aromatic heterocycles. The second kappa shape index (κ2) is 6.51. The zero-order chi connectivity index (χ0) is 9.35. The van der Waals surface area contributed by atoms with E-state index in [1.807, 2.05) is 0 Å². The van der Waals surface area contributed by atoms with Gasteiger partial charge in [-0.25, -0.2) is 0 Å². The zero-order valence-electron chi connectivity index (χ0n) is 9.20. The minimum atomic E-state index is 0. The van der Waals surface area contributed by atoms with Crippen LogP contribution < -0.4 is 24.8 Å². The quantitative estimate of drug-likeness (QED) is 0.526. The Morgan fingerprint density at radius 2 is 1.79 bits per heavy atom. The summed E-state index contributed by atoms with van der Waals surface area (Å²) in [5.41, 5.74) is 1.96. The third-order valence-electron chi connectivity index (χ3n) is 3.07. The predicted octanol–water partition coefficient (Wildman–Crippen LogP) is -2.56. The molecule has 0 radical (unpaired) electrons. The van der Waals surface area contributed by atoms with Crippen molar-refractivity contribution in [3.05, 3.63) is 21.0 Å². The van der Waals surface area contributed by atoms with E-state index >= 15 is 0 Å². The maximum absolute atomic E-state index is 2.35. The number of hydrogen-bond donors (Lipinski definition) is 0. The summed E-state index contributed by atoms with van der Waals surface area (Å²) in [5, 5.41) is 0. The van der Waals surface area contributed by atoms with E-state index in [9.17, 15) is 0 Å². The molecule has 0 heterocycles. The van der Waals surface area contributed by atoms with Crippen LogP contribution in [0.5, 0.6) is 0 Å². The molecular weight excluding hydrogens is 294 g/mol. The Kier molecular flexibility index (Phi) is 8.06. The Morgan fingerprint density at radius 3 is 2.07 bits per heavy atom. The molecule has 0 saturated heterocycles. The summed E-state index contributed by atoms with van der Waals surface area (Å²) in [4.78, 5) is 0. The standard InChI is InChI=1S/C11H17.2ClH.Zr/c1-9(2)11(3,4)10-7-5-6-8-10;;;/h5,7,9H,6H2,1-4H3;2*1H;/q;;;+2/p-2. The van der Waals surface area contributed by atoms with E-state index in [1.165, 1.54) is 6.42 Å². The third kappa shape index (κ3) is 3.51. The van der Waals surface area contributed by atoms with Gasteiger partial charge >= 0.3 is 91.2 Å². The van der Waals surface area contributed by atoms with Crippen molar-refractivity contribution in [2.75, 3.05) is 0 Å². The van der Waals surface area contributed by atoms with Crippen LogP contribution in [-0.4, -0.2) is 0 Å². The van der Waals surface area contributed by atoms with Crippen LogP contribution in [-0.2, 0) is 24.7 Å². The smallest absolute Gasteiger partial charge is 1.00 e. The first-order valence-corrected chi connectivity index (χ1v) is 5.81. The first kappa shape index (κ1) is 17.3. The third-order valence-corrected chi connectivity index (χ3v) is 4.23. The molecule has 1 aliphatic carbocycles. The van der Waals surface area contributed by atoms with Gasteiger partial charge in [0.1, 0.15) is 0 Å². The van der Waals surface area contributed by atoms with Gasteiger partial charge in [-0.05, 0) is 0 Å². The molecule has 0 N–H and O–H groups in total. The van der Waals surface area contributed by atoms with Crippen LogP contribution in [0, 0.1) is 11.3 Å². The van der Waals surface area contributed by atoms with E-state index in [0.29, 0.717) is 5.41 Å². The predicted molar refractivity (Wildman–Crippen MR) is 49.4 cm³/mol. The van der Waals surface area contributed by atoms with Gasteiger partial charge in [0.25, 0.3) is 0 Å². The van der Waals surface area contributed by atoms with Crippen molar-refractivity contribution in [1.29, 1.82) is 0 Å². The minimum absolute atomic E-state index is 0. The Morgan fingerprint density at radius 1 is 1.29 bits per heavy atom. The number of hydrogen-bond acceptors (Lipinski definition) is 0. The summed E-state index contributed by atoms with van der Waals surface area (Å²) in [6.07, 6.45) is 5.82. The van der Waals surface area contributed by atoms with Gasteiger partial charge in [-0.15, -0.1) is 0 Å². The van der Waals surface area contributed by atoms with Crippen molar-refractivity contribution in [3.63, 3.8) is 0 Å². The molecular formula is C11H17Cl2Zr. The van der Waals surface area contributed by atoms with Gasteiger partial charge in [0.15, 0.2) is 0 Å². The first-order valence-electron chi connectivity index (χ1n) is 4.58. The van der Waals surface area contributed by atoms with Crippen LogP contribution >= 0.6 is 0 Å². The molecule has 0 fully saturated rings. The molecule has 0 aliphatic heterocycles. The maximum Gasteiger partial charge on any atom is -1.00 e. The largest absolute Gasteiger partial charge is 1.00 e. The SMILES string of the molecule is CC(C)C(C)(C)C1=[C]([Zr+2])CC=C1.[Cl-].[Cl-]. The van der Waals surface area contributed by atoms with Gasteiger partial charge in [-0.2, -0.15) is 0 Å². The molecule has 0 aromatic carbocycles. The summed E-state index contributed by atoms with van der Waals surface area (Å²) in [7, 11) is 0. The van der Waals surface area contributed by atoms with Crippen LogP contribution in [0.25, 0.3) is 0 Å². The Hall–Kier alpha value is 0.943. The molecule has 0 nitrogen and oxygen atoms in total. The van der Waals surface area contributed by atoms with Gasteiger partial charge in [0, 0.05) is 0 Å². The van der Waals surface area contributed by atoms with E-state index in [4.69, 9.17) is 0 Å². The van der Waals surface area contributed by atoms with Gasteiger partial charge < -0.3 is 24.8 Å². The minimum Gasteiger partial charge on any atom is -1.00 e. The molecule has 0 spiro atoms. The van der Waals surface area contributed by atoms with Crippen molar-refractivity contribution in [1.82, 2.24) is 0 Å². The van der Waals surface area contributed by atoms with Crippen LogP contribution in [0.4, 0.5) is 0 Å². The normalized spacial score (nSPS) is 15.6. The molecule has 3 heteroatoms. The molecule has 79 valence electrons. The molecule has 1 aliphatic rings. The molecule has 0 bridgehead atoms. The molecule has 14 heavy (non-hydrogen) atoms. The molecule has 0 unspecified atom stereocenters.